The quantitative estimate of drug-likeness (QED) is 0.506. The third-order valence-electron chi connectivity index (χ3n) is 1.83. The fraction of sp³-hybridized carbons (Fsp3) is 0.714. The second-order valence-corrected chi connectivity index (χ2v) is 17.8. The highest BCUT2D eigenvalue weighted by Gasteiger charge is 2.25. The van der Waals surface area contributed by atoms with Crippen molar-refractivity contribution in [2.45, 2.75) is 31.6 Å². The first-order valence-corrected chi connectivity index (χ1v) is 12.5. The summed E-state index contributed by atoms with van der Waals surface area (Å²) in [5.41, 5.74) is 2.09. The van der Waals surface area contributed by atoms with Crippen molar-refractivity contribution >= 4 is 47.3 Å². The summed E-state index contributed by atoms with van der Waals surface area (Å²) in [5.74, 6) is 0. The zero-order valence-electron chi connectivity index (χ0n) is 7.54. The van der Waals surface area contributed by atoms with Crippen LogP contribution in [0, 0.1) is 0 Å². The first kappa shape index (κ1) is 13.0. The van der Waals surface area contributed by atoms with Crippen LogP contribution in [-0.2, 0) is 0 Å². The lowest BCUT2D eigenvalue weighted by atomic mass is 10.6. The van der Waals surface area contributed by atoms with Crippen LogP contribution in [0.4, 0.5) is 0 Å². The summed E-state index contributed by atoms with van der Waals surface area (Å²) >= 11 is 17.3. The first-order chi connectivity index (χ1) is 5.27. The molecule has 0 aromatic rings. The van der Waals surface area contributed by atoms with Crippen LogP contribution >= 0.6 is 33.2 Å². The van der Waals surface area contributed by atoms with Gasteiger partial charge < -0.3 is 0 Å². The molecule has 0 aliphatic rings. The van der Waals surface area contributed by atoms with E-state index in [1.165, 1.54) is 6.04 Å². The summed E-state index contributed by atoms with van der Waals surface area (Å²) in [6.45, 7) is 8.38. The molecule has 0 unspecified atom stereocenters. The van der Waals surface area contributed by atoms with Gasteiger partial charge in [0.15, 0.2) is 0 Å². The van der Waals surface area contributed by atoms with E-state index in [1.54, 1.807) is 0 Å². The Morgan fingerprint density at radius 2 is 1.67 bits per heavy atom. The molecule has 0 bridgehead atoms. The Kier molecular flexibility index (Phi) is 5.50. The standard InChI is InChI=1S/C7H15Cl3Si2/c1-4-11(2,3)6-5-7-12(8,9)10/h4H,1,5-7H2,2-3H3. The molecular weight excluding hydrogens is 247 g/mol. The third-order valence-corrected chi connectivity index (χ3v) is 7.20. The fourth-order valence-corrected chi connectivity index (χ4v) is 4.27. The zero-order valence-corrected chi connectivity index (χ0v) is 11.8. The van der Waals surface area contributed by atoms with Gasteiger partial charge in [-0.15, -0.1) is 45.5 Å². The van der Waals surface area contributed by atoms with E-state index >= 15 is 0 Å². The highest BCUT2D eigenvalue weighted by atomic mass is 35.8. The molecule has 0 aromatic carbocycles. The summed E-state index contributed by atoms with van der Waals surface area (Å²) < 4.78 is 0. The Morgan fingerprint density at radius 1 is 1.17 bits per heavy atom. The van der Waals surface area contributed by atoms with Crippen LogP contribution in [0.2, 0.25) is 25.2 Å². The number of halogens is 3. The van der Waals surface area contributed by atoms with Gasteiger partial charge in [-0.2, -0.15) is 0 Å². The minimum absolute atomic E-state index is 0.780. The Bertz CT molecular complexity index is 151. The van der Waals surface area contributed by atoms with E-state index < -0.39 is 14.1 Å². The van der Waals surface area contributed by atoms with Gasteiger partial charge in [0.2, 0.25) is 0 Å². The molecule has 0 aromatic heterocycles. The molecule has 0 saturated heterocycles. The summed E-state index contributed by atoms with van der Waals surface area (Å²) in [4.78, 5) is 0. The SMILES string of the molecule is C=C[Si](C)(C)CCC[Si](Cl)(Cl)Cl. The smallest absolute Gasteiger partial charge is 0.126 e. The molecule has 0 saturated carbocycles. The minimum atomic E-state index is -2.37. The summed E-state index contributed by atoms with van der Waals surface area (Å²) in [5, 5.41) is 0. The largest absolute Gasteiger partial charge is 0.341 e. The van der Waals surface area contributed by atoms with Gasteiger partial charge >= 0.3 is 6.00 Å². The summed E-state index contributed by atoms with van der Waals surface area (Å²) in [7, 11) is -1.17. The monoisotopic (exact) mass is 260 g/mol. The third kappa shape index (κ3) is 7.68. The lowest BCUT2D eigenvalue weighted by Crippen LogP contribution is -2.22. The topological polar surface area (TPSA) is 0 Å². The molecule has 0 aliphatic heterocycles. The molecule has 0 amide bonds. The molecular formula is C7H15Cl3Si2. The van der Waals surface area contributed by atoms with Crippen LogP contribution in [0.3, 0.4) is 0 Å². The number of hydrogen-bond donors (Lipinski definition) is 0. The normalized spacial score (nSPS) is 13.1. The average molecular weight is 262 g/mol. The predicted molar refractivity (Wildman–Crippen MR) is 65.2 cm³/mol. The minimum Gasteiger partial charge on any atom is -0.126 e. The fourth-order valence-electron chi connectivity index (χ4n) is 0.847. The van der Waals surface area contributed by atoms with E-state index in [4.69, 9.17) is 33.2 Å². The maximum atomic E-state index is 5.76. The van der Waals surface area contributed by atoms with E-state index in [1.807, 2.05) is 0 Å². The Balaban J connectivity index is 3.64. The molecule has 12 heavy (non-hydrogen) atoms. The molecule has 5 heteroatoms. The van der Waals surface area contributed by atoms with Crippen molar-refractivity contribution in [2.75, 3.05) is 0 Å². The van der Waals surface area contributed by atoms with Crippen molar-refractivity contribution < 1.29 is 0 Å². The van der Waals surface area contributed by atoms with Gasteiger partial charge in [0.1, 0.15) is 0 Å². The molecule has 0 nitrogen and oxygen atoms in total. The lowest BCUT2D eigenvalue weighted by molar-refractivity contribution is 1.04. The van der Waals surface area contributed by atoms with Crippen LogP contribution in [0.5, 0.6) is 0 Å². The van der Waals surface area contributed by atoms with Gasteiger partial charge in [-0.1, -0.05) is 25.6 Å². The molecule has 0 rings (SSSR count). The highest BCUT2D eigenvalue weighted by Crippen LogP contribution is 2.28. The van der Waals surface area contributed by atoms with Gasteiger partial charge in [0.05, 0.1) is 8.07 Å². The summed E-state index contributed by atoms with van der Waals surface area (Å²) in [6.07, 6.45) is 1.04. The van der Waals surface area contributed by atoms with Gasteiger partial charge in [0, 0.05) is 0 Å². The number of rotatable bonds is 5. The molecule has 72 valence electrons. The predicted octanol–water partition coefficient (Wildman–Crippen LogP) is 4.47. The van der Waals surface area contributed by atoms with Gasteiger partial charge in [-0.3, -0.25) is 0 Å². The average Bonchev–Trinajstić information content (AvgIpc) is 1.84. The Labute approximate surface area is 91.0 Å². The lowest BCUT2D eigenvalue weighted by Gasteiger charge is -2.17. The molecule has 0 heterocycles. The van der Waals surface area contributed by atoms with Crippen molar-refractivity contribution in [2.24, 2.45) is 0 Å². The summed E-state index contributed by atoms with van der Waals surface area (Å²) in [6, 6.07) is -0.407. The van der Waals surface area contributed by atoms with E-state index in [0.29, 0.717) is 0 Å². The second kappa shape index (κ2) is 5.06. The highest BCUT2D eigenvalue weighted by molar-refractivity contribution is 7.64. The van der Waals surface area contributed by atoms with E-state index in [-0.39, 0.29) is 0 Å². The van der Waals surface area contributed by atoms with E-state index in [0.717, 1.165) is 12.5 Å². The van der Waals surface area contributed by atoms with Crippen molar-refractivity contribution in [3.05, 3.63) is 12.3 Å². The maximum Gasteiger partial charge on any atom is 0.341 e. The molecule has 0 aliphatic carbocycles. The van der Waals surface area contributed by atoms with Crippen LogP contribution in [0.15, 0.2) is 12.3 Å². The Hall–Kier alpha value is 1.04. The van der Waals surface area contributed by atoms with Crippen LogP contribution < -0.4 is 0 Å². The van der Waals surface area contributed by atoms with Crippen LogP contribution in [0.1, 0.15) is 6.42 Å². The molecule has 0 radical (unpaired) electrons. The van der Waals surface area contributed by atoms with Crippen molar-refractivity contribution in [3.63, 3.8) is 0 Å². The molecule has 0 fully saturated rings. The van der Waals surface area contributed by atoms with Crippen LogP contribution in [0.25, 0.3) is 0 Å². The zero-order chi connectivity index (χ0) is 9.83. The molecule has 0 spiro atoms. The van der Waals surface area contributed by atoms with E-state index in [9.17, 15) is 0 Å². The second-order valence-electron chi connectivity index (χ2n) is 3.66. The molecule has 0 atom stereocenters. The van der Waals surface area contributed by atoms with Crippen molar-refractivity contribution in [3.8, 4) is 0 Å². The Morgan fingerprint density at radius 3 is 2.00 bits per heavy atom. The van der Waals surface area contributed by atoms with E-state index in [2.05, 4.69) is 25.4 Å². The van der Waals surface area contributed by atoms with Gasteiger partial charge in [-0.05, 0) is 6.04 Å². The number of hydrogen-bond acceptors (Lipinski definition) is 0. The van der Waals surface area contributed by atoms with Gasteiger partial charge in [0.25, 0.3) is 0 Å². The van der Waals surface area contributed by atoms with Crippen molar-refractivity contribution in [1.29, 1.82) is 0 Å². The maximum absolute atomic E-state index is 5.76. The first-order valence-electron chi connectivity index (χ1n) is 3.97. The van der Waals surface area contributed by atoms with Gasteiger partial charge in [-0.25, -0.2) is 0 Å². The van der Waals surface area contributed by atoms with Crippen molar-refractivity contribution in [1.82, 2.24) is 0 Å². The van der Waals surface area contributed by atoms with Crippen LogP contribution in [-0.4, -0.2) is 14.1 Å². The molecule has 0 N–H and O–H groups in total.